The van der Waals surface area contributed by atoms with Gasteiger partial charge in [0.1, 0.15) is 0 Å². The minimum Gasteiger partial charge on any atom is -0.395 e. The monoisotopic (exact) mass is 265 g/mol. The van der Waals surface area contributed by atoms with E-state index in [1.54, 1.807) is 30.1 Å². The Morgan fingerprint density at radius 2 is 2.22 bits per heavy atom. The summed E-state index contributed by atoms with van der Waals surface area (Å²) in [5.41, 5.74) is 1.22. The SMILES string of the molecule is CCN(C)C(=O)c1ccc(C#CCCO)c(Cl)c1. The van der Waals surface area contributed by atoms with E-state index in [1.807, 2.05) is 6.92 Å². The predicted octanol–water partition coefficient (Wildman–Crippen LogP) is 2.17. The number of hydrogen-bond acceptors (Lipinski definition) is 2. The van der Waals surface area contributed by atoms with E-state index in [0.29, 0.717) is 29.1 Å². The first-order chi connectivity index (χ1) is 8.60. The second kappa shape index (κ2) is 7.05. The van der Waals surface area contributed by atoms with Crippen molar-refractivity contribution in [2.24, 2.45) is 0 Å². The van der Waals surface area contributed by atoms with Crippen LogP contribution in [-0.2, 0) is 0 Å². The van der Waals surface area contributed by atoms with Gasteiger partial charge in [0, 0.05) is 31.1 Å². The second-order valence-electron chi connectivity index (χ2n) is 3.79. The van der Waals surface area contributed by atoms with Crippen LogP contribution in [-0.4, -0.2) is 36.1 Å². The zero-order valence-electron chi connectivity index (χ0n) is 10.5. The first-order valence-electron chi connectivity index (χ1n) is 5.75. The maximum Gasteiger partial charge on any atom is 0.253 e. The van der Waals surface area contributed by atoms with Crippen LogP contribution in [0.2, 0.25) is 5.02 Å². The van der Waals surface area contributed by atoms with Crippen molar-refractivity contribution in [3.63, 3.8) is 0 Å². The molecule has 1 aromatic rings. The molecule has 96 valence electrons. The third-order valence-corrected chi connectivity index (χ3v) is 2.81. The molecule has 1 N–H and O–H groups in total. The Morgan fingerprint density at radius 3 is 2.78 bits per heavy atom. The highest BCUT2D eigenvalue weighted by Gasteiger charge is 2.11. The van der Waals surface area contributed by atoms with Crippen LogP contribution >= 0.6 is 11.6 Å². The first kappa shape index (κ1) is 14.6. The average Bonchev–Trinajstić information content (AvgIpc) is 2.39. The van der Waals surface area contributed by atoms with Crippen molar-refractivity contribution >= 4 is 17.5 Å². The molecule has 0 saturated heterocycles. The van der Waals surface area contributed by atoms with E-state index < -0.39 is 0 Å². The third kappa shape index (κ3) is 3.76. The molecule has 0 aliphatic carbocycles. The topological polar surface area (TPSA) is 40.5 Å². The fourth-order valence-corrected chi connectivity index (χ4v) is 1.55. The van der Waals surface area contributed by atoms with Gasteiger partial charge in [0.2, 0.25) is 0 Å². The average molecular weight is 266 g/mol. The molecule has 0 spiro atoms. The van der Waals surface area contributed by atoms with Gasteiger partial charge in [-0.25, -0.2) is 0 Å². The molecule has 0 aliphatic heterocycles. The Kier molecular flexibility index (Phi) is 5.70. The molecule has 0 unspecified atom stereocenters. The van der Waals surface area contributed by atoms with Gasteiger partial charge in [-0.15, -0.1) is 0 Å². The molecule has 1 rings (SSSR count). The standard InChI is InChI=1S/C14H16ClNO2/c1-3-16(2)14(18)12-8-7-11(13(15)10-12)6-4-5-9-17/h7-8,10,17H,3,5,9H2,1-2H3. The van der Waals surface area contributed by atoms with Gasteiger partial charge in [0.15, 0.2) is 0 Å². The molecule has 0 fully saturated rings. The Labute approximate surface area is 112 Å². The van der Waals surface area contributed by atoms with Crippen LogP contribution in [0.1, 0.15) is 29.3 Å². The molecular formula is C14H16ClNO2. The van der Waals surface area contributed by atoms with Crippen LogP contribution in [0, 0.1) is 11.8 Å². The molecule has 0 atom stereocenters. The van der Waals surface area contributed by atoms with Crippen molar-refractivity contribution in [3.05, 3.63) is 34.3 Å². The quantitative estimate of drug-likeness (QED) is 0.851. The van der Waals surface area contributed by atoms with Gasteiger partial charge < -0.3 is 10.0 Å². The van der Waals surface area contributed by atoms with Gasteiger partial charge >= 0.3 is 0 Å². The molecule has 18 heavy (non-hydrogen) atoms. The Balaban J connectivity index is 2.93. The molecule has 4 heteroatoms. The number of benzene rings is 1. The van der Waals surface area contributed by atoms with E-state index in [0.717, 1.165) is 0 Å². The summed E-state index contributed by atoms with van der Waals surface area (Å²) in [6, 6.07) is 5.06. The van der Waals surface area contributed by atoms with Crippen molar-refractivity contribution in [3.8, 4) is 11.8 Å². The summed E-state index contributed by atoms with van der Waals surface area (Å²) in [6.07, 6.45) is 0.412. The fourth-order valence-electron chi connectivity index (χ4n) is 1.33. The highest BCUT2D eigenvalue weighted by atomic mass is 35.5. The molecule has 0 aliphatic rings. The van der Waals surface area contributed by atoms with Gasteiger partial charge in [0.25, 0.3) is 5.91 Å². The van der Waals surface area contributed by atoms with Crippen molar-refractivity contribution in [1.29, 1.82) is 0 Å². The summed E-state index contributed by atoms with van der Waals surface area (Å²) in [5, 5.41) is 9.09. The van der Waals surface area contributed by atoms with Crippen LogP contribution in [0.3, 0.4) is 0 Å². The van der Waals surface area contributed by atoms with E-state index in [9.17, 15) is 4.79 Å². The van der Waals surface area contributed by atoms with Crippen LogP contribution in [0.25, 0.3) is 0 Å². The summed E-state index contributed by atoms with van der Waals surface area (Å²) in [4.78, 5) is 13.5. The van der Waals surface area contributed by atoms with Crippen LogP contribution in [0.5, 0.6) is 0 Å². The molecule has 0 heterocycles. The fraction of sp³-hybridized carbons (Fsp3) is 0.357. The molecule has 1 aromatic carbocycles. The van der Waals surface area contributed by atoms with Gasteiger partial charge in [0.05, 0.1) is 11.6 Å². The van der Waals surface area contributed by atoms with Crippen LogP contribution in [0.15, 0.2) is 18.2 Å². The number of hydrogen-bond donors (Lipinski definition) is 1. The lowest BCUT2D eigenvalue weighted by atomic mass is 10.1. The Morgan fingerprint density at radius 1 is 1.50 bits per heavy atom. The maximum atomic E-state index is 11.9. The molecule has 0 radical (unpaired) electrons. The molecule has 0 saturated carbocycles. The van der Waals surface area contributed by atoms with E-state index in [1.165, 1.54) is 0 Å². The van der Waals surface area contributed by atoms with E-state index in [-0.39, 0.29) is 12.5 Å². The number of aliphatic hydroxyl groups excluding tert-OH is 1. The summed E-state index contributed by atoms with van der Waals surface area (Å²) < 4.78 is 0. The van der Waals surface area contributed by atoms with Gasteiger partial charge in [-0.3, -0.25) is 4.79 Å². The zero-order chi connectivity index (χ0) is 13.5. The predicted molar refractivity (Wildman–Crippen MR) is 72.7 cm³/mol. The third-order valence-electron chi connectivity index (χ3n) is 2.50. The van der Waals surface area contributed by atoms with E-state index in [2.05, 4.69) is 11.8 Å². The van der Waals surface area contributed by atoms with Crippen molar-refractivity contribution in [2.45, 2.75) is 13.3 Å². The lowest BCUT2D eigenvalue weighted by molar-refractivity contribution is 0.0802. The van der Waals surface area contributed by atoms with Crippen molar-refractivity contribution in [2.75, 3.05) is 20.2 Å². The van der Waals surface area contributed by atoms with E-state index in [4.69, 9.17) is 16.7 Å². The maximum absolute atomic E-state index is 11.9. The van der Waals surface area contributed by atoms with Crippen LogP contribution in [0.4, 0.5) is 0 Å². The zero-order valence-corrected chi connectivity index (χ0v) is 11.3. The summed E-state index contributed by atoms with van der Waals surface area (Å²) in [5.74, 6) is 5.59. The molecule has 3 nitrogen and oxygen atoms in total. The largest absolute Gasteiger partial charge is 0.395 e. The number of halogens is 1. The number of nitrogens with zero attached hydrogens (tertiary/aromatic N) is 1. The highest BCUT2D eigenvalue weighted by molar-refractivity contribution is 6.32. The van der Waals surface area contributed by atoms with E-state index >= 15 is 0 Å². The van der Waals surface area contributed by atoms with Crippen LogP contribution < -0.4 is 0 Å². The van der Waals surface area contributed by atoms with Gasteiger partial charge in [-0.2, -0.15) is 0 Å². The second-order valence-corrected chi connectivity index (χ2v) is 4.20. The minimum atomic E-state index is -0.0609. The van der Waals surface area contributed by atoms with Crippen molar-refractivity contribution in [1.82, 2.24) is 4.90 Å². The smallest absolute Gasteiger partial charge is 0.253 e. The number of rotatable bonds is 3. The highest BCUT2D eigenvalue weighted by Crippen LogP contribution is 2.18. The lowest BCUT2D eigenvalue weighted by Crippen LogP contribution is -2.26. The summed E-state index contributed by atoms with van der Waals surface area (Å²) in [7, 11) is 1.74. The molecular weight excluding hydrogens is 250 g/mol. The molecule has 0 aromatic heterocycles. The van der Waals surface area contributed by atoms with Gasteiger partial charge in [-0.1, -0.05) is 23.4 Å². The molecule has 1 amide bonds. The lowest BCUT2D eigenvalue weighted by Gasteiger charge is -2.14. The summed E-state index contributed by atoms with van der Waals surface area (Å²) >= 11 is 6.06. The van der Waals surface area contributed by atoms with Crippen molar-refractivity contribution < 1.29 is 9.90 Å². The normalized spacial score (nSPS) is 9.56. The Bertz CT molecular complexity index is 488. The molecule has 0 bridgehead atoms. The minimum absolute atomic E-state index is 0.0302. The first-order valence-corrected chi connectivity index (χ1v) is 6.12. The summed E-state index contributed by atoms with van der Waals surface area (Å²) in [6.45, 7) is 2.59. The Hall–Kier alpha value is -1.50. The number of carbonyl (C=O) groups is 1. The van der Waals surface area contributed by atoms with Gasteiger partial charge in [-0.05, 0) is 25.1 Å². The number of carbonyl (C=O) groups excluding carboxylic acids is 1. The number of aliphatic hydroxyl groups is 1. The number of amides is 1.